The molecule has 0 spiro atoms. The Balaban J connectivity index is 2.57. The predicted octanol–water partition coefficient (Wildman–Crippen LogP) is 2.52. The third-order valence-electron chi connectivity index (χ3n) is 2.44. The van der Waals surface area contributed by atoms with Crippen LogP contribution in [0.2, 0.25) is 0 Å². The SMILES string of the molecule is CC(C)(C)OC(=O)N1CC/C1=C/NS(=O)C(C)(C)C. The van der Waals surface area contributed by atoms with Crippen molar-refractivity contribution in [2.45, 2.75) is 58.3 Å². The first-order valence-corrected chi connectivity index (χ1v) is 7.53. The van der Waals surface area contributed by atoms with E-state index in [4.69, 9.17) is 4.74 Å². The van der Waals surface area contributed by atoms with Crippen LogP contribution in [-0.4, -0.2) is 32.1 Å². The Labute approximate surface area is 118 Å². The highest BCUT2D eigenvalue weighted by Gasteiger charge is 2.31. The van der Waals surface area contributed by atoms with E-state index in [0.29, 0.717) is 6.54 Å². The Kier molecular flexibility index (Phi) is 4.66. The van der Waals surface area contributed by atoms with E-state index in [-0.39, 0.29) is 10.8 Å². The van der Waals surface area contributed by atoms with Crippen LogP contribution in [0.1, 0.15) is 48.0 Å². The molecule has 1 aliphatic heterocycles. The number of rotatable bonds is 2. The van der Waals surface area contributed by atoms with Crippen LogP contribution in [0.5, 0.6) is 0 Å². The van der Waals surface area contributed by atoms with E-state index in [1.807, 2.05) is 41.5 Å². The van der Waals surface area contributed by atoms with Gasteiger partial charge in [0.2, 0.25) is 0 Å². The topological polar surface area (TPSA) is 58.6 Å². The van der Waals surface area contributed by atoms with Gasteiger partial charge >= 0.3 is 6.09 Å². The number of carbonyl (C=O) groups excluding carboxylic acids is 1. The van der Waals surface area contributed by atoms with Crippen LogP contribution >= 0.6 is 0 Å². The highest BCUT2D eigenvalue weighted by molar-refractivity contribution is 7.84. The molecule has 1 atom stereocenters. The molecule has 5 nitrogen and oxygen atoms in total. The molecule has 0 aromatic rings. The third kappa shape index (κ3) is 4.86. The maximum absolute atomic E-state index is 11.9. The van der Waals surface area contributed by atoms with Crippen molar-refractivity contribution >= 4 is 17.1 Å². The van der Waals surface area contributed by atoms with Crippen LogP contribution < -0.4 is 4.72 Å². The number of ether oxygens (including phenoxy) is 1. The van der Waals surface area contributed by atoms with Gasteiger partial charge in [-0.15, -0.1) is 0 Å². The Morgan fingerprint density at radius 1 is 1.32 bits per heavy atom. The smallest absolute Gasteiger partial charge is 0.414 e. The van der Waals surface area contributed by atoms with Crippen molar-refractivity contribution in [3.8, 4) is 0 Å². The lowest BCUT2D eigenvalue weighted by molar-refractivity contribution is 0.0234. The fourth-order valence-corrected chi connectivity index (χ4v) is 1.92. The Morgan fingerprint density at radius 2 is 1.89 bits per heavy atom. The van der Waals surface area contributed by atoms with E-state index in [2.05, 4.69) is 4.72 Å². The average molecular weight is 288 g/mol. The zero-order chi connectivity index (χ0) is 14.8. The average Bonchev–Trinajstić information content (AvgIpc) is 2.10. The minimum atomic E-state index is -1.18. The summed E-state index contributed by atoms with van der Waals surface area (Å²) in [6, 6.07) is 0. The molecule has 0 aliphatic carbocycles. The maximum atomic E-state index is 11.9. The number of hydrogen-bond acceptors (Lipinski definition) is 3. The lowest BCUT2D eigenvalue weighted by Gasteiger charge is -2.35. The largest absolute Gasteiger partial charge is 0.443 e. The summed E-state index contributed by atoms with van der Waals surface area (Å²) in [5.41, 5.74) is 0.311. The molecule has 6 heteroatoms. The molecule has 1 rings (SSSR count). The first-order chi connectivity index (χ1) is 8.50. The van der Waals surface area contributed by atoms with Crippen LogP contribution in [0.25, 0.3) is 0 Å². The third-order valence-corrected chi connectivity index (χ3v) is 3.89. The van der Waals surface area contributed by atoms with Gasteiger partial charge < -0.3 is 9.46 Å². The Morgan fingerprint density at radius 3 is 2.26 bits per heavy atom. The van der Waals surface area contributed by atoms with Crippen molar-refractivity contribution in [2.75, 3.05) is 6.54 Å². The maximum Gasteiger partial charge on any atom is 0.414 e. The van der Waals surface area contributed by atoms with Gasteiger partial charge in [0.25, 0.3) is 0 Å². The highest BCUT2D eigenvalue weighted by Crippen LogP contribution is 2.24. The fraction of sp³-hybridized carbons (Fsp3) is 0.769. The number of carbonyl (C=O) groups is 1. The number of amides is 1. The Bertz CT molecular complexity index is 405. The summed E-state index contributed by atoms with van der Waals surface area (Å²) < 4.78 is 19.6. The second kappa shape index (κ2) is 5.53. The van der Waals surface area contributed by atoms with E-state index in [0.717, 1.165) is 12.1 Å². The van der Waals surface area contributed by atoms with Crippen LogP contribution in [0.4, 0.5) is 4.79 Å². The lowest BCUT2D eigenvalue weighted by Crippen LogP contribution is -2.44. The van der Waals surface area contributed by atoms with Crippen molar-refractivity contribution in [1.82, 2.24) is 9.62 Å². The van der Waals surface area contributed by atoms with E-state index in [1.165, 1.54) is 0 Å². The second-order valence-corrected chi connectivity index (χ2v) is 8.51. The number of likely N-dealkylation sites (tertiary alicyclic amines) is 1. The fourth-order valence-electron chi connectivity index (χ4n) is 1.33. The first-order valence-electron chi connectivity index (χ1n) is 6.38. The van der Waals surface area contributed by atoms with Crippen LogP contribution in [-0.2, 0) is 15.7 Å². The summed E-state index contributed by atoms with van der Waals surface area (Å²) in [7, 11) is -1.18. The summed E-state index contributed by atoms with van der Waals surface area (Å²) in [4.78, 5) is 13.4. The molecule has 110 valence electrons. The molecule has 1 unspecified atom stereocenters. The summed E-state index contributed by atoms with van der Waals surface area (Å²) in [6.45, 7) is 11.8. The van der Waals surface area contributed by atoms with Gasteiger partial charge in [-0.25, -0.2) is 9.00 Å². The minimum Gasteiger partial charge on any atom is -0.443 e. The highest BCUT2D eigenvalue weighted by atomic mass is 32.2. The zero-order valence-corrected chi connectivity index (χ0v) is 13.4. The van der Waals surface area contributed by atoms with Crippen molar-refractivity contribution < 1.29 is 13.7 Å². The predicted molar refractivity (Wildman–Crippen MR) is 76.7 cm³/mol. The van der Waals surface area contributed by atoms with Gasteiger partial charge in [-0.1, -0.05) is 0 Å². The van der Waals surface area contributed by atoms with Crippen molar-refractivity contribution in [3.63, 3.8) is 0 Å². The molecule has 1 heterocycles. The molecular weight excluding hydrogens is 264 g/mol. The van der Waals surface area contributed by atoms with Gasteiger partial charge in [-0.05, 0) is 41.5 Å². The van der Waals surface area contributed by atoms with Gasteiger partial charge in [-0.2, -0.15) is 0 Å². The lowest BCUT2D eigenvalue weighted by atomic mass is 10.1. The molecule has 0 bridgehead atoms. The van der Waals surface area contributed by atoms with Gasteiger partial charge in [-0.3, -0.25) is 4.90 Å². The van der Waals surface area contributed by atoms with E-state index in [1.54, 1.807) is 11.1 Å². The molecule has 1 amide bonds. The quantitative estimate of drug-likeness (QED) is 0.849. The van der Waals surface area contributed by atoms with Gasteiger partial charge in [0.15, 0.2) is 0 Å². The van der Waals surface area contributed by atoms with Crippen molar-refractivity contribution in [2.24, 2.45) is 0 Å². The first kappa shape index (κ1) is 16.0. The van der Waals surface area contributed by atoms with E-state index in [9.17, 15) is 9.00 Å². The van der Waals surface area contributed by atoms with Gasteiger partial charge in [0.05, 0.1) is 4.75 Å². The number of nitrogens with zero attached hydrogens (tertiary/aromatic N) is 1. The molecule has 0 radical (unpaired) electrons. The summed E-state index contributed by atoms with van der Waals surface area (Å²) in [5, 5.41) is 0. The van der Waals surface area contributed by atoms with Gasteiger partial charge in [0, 0.05) is 24.9 Å². The second-order valence-electron chi connectivity index (χ2n) is 6.52. The standard InChI is InChI=1S/C13H24N2O3S/c1-12(2,3)18-11(16)15-8-7-10(15)9-14-19(17)13(4,5)6/h9,14H,7-8H2,1-6H3/b10-9-. The van der Waals surface area contributed by atoms with E-state index < -0.39 is 16.6 Å². The molecule has 1 aliphatic rings. The zero-order valence-electron chi connectivity index (χ0n) is 12.6. The van der Waals surface area contributed by atoms with Crippen LogP contribution in [0.3, 0.4) is 0 Å². The summed E-state index contributed by atoms with van der Waals surface area (Å²) >= 11 is 0. The van der Waals surface area contributed by atoms with Crippen molar-refractivity contribution in [1.29, 1.82) is 0 Å². The number of hydrogen-bond donors (Lipinski definition) is 1. The molecule has 1 fully saturated rings. The molecule has 19 heavy (non-hydrogen) atoms. The van der Waals surface area contributed by atoms with Crippen LogP contribution in [0, 0.1) is 0 Å². The van der Waals surface area contributed by atoms with Crippen molar-refractivity contribution in [3.05, 3.63) is 11.9 Å². The molecule has 0 aromatic heterocycles. The van der Waals surface area contributed by atoms with E-state index >= 15 is 0 Å². The normalized spacial score (nSPS) is 19.9. The minimum absolute atomic E-state index is 0.336. The Hall–Kier alpha value is -1.04. The van der Waals surface area contributed by atoms with Gasteiger partial charge in [0.1, 0.15) is 16.6 Å². The summed E-state index contributed by atoms with van der Waals surface area (Å²) in [5.74, 6) is 0. The monoisotopic (exact) mass is 288 g/mol. The molecule has 1 saturated heterocycles. The molecular formula is C13H24N2O3S. The molecule has 0 saturated carbocycles. The molecule has 1 N–H and O–H groups in total. The molecule has 0 aromatic carbocycles. The summed E-state index contributed by atoms with van der Waals surface area (Å²) in [6.07, 6.45) is 2.08. The number of nitrogens with one attached hydrogen (secondary N) is 1. The van der Waals surface area contributed by atoms with Crippen LogP contribution in [0.15, 0.2) is 11.9 Å².